The first-order valence-electron chi connectivity index (χ1n) is 11.8. The van der Waals surface area contributed by atoms with Gasteiger partial charge in [0.05, 0.1) is 0 Å². The zero-order chi connectivity index (χ0) is 22.4. The minimum atomic E-state index is 0.0627. The lowest BCUT2D eigenvalue weighted by Gasteiger charge is -2.21. The van der Waals surface area contributed by atoms with Crippen LogP contribution in [-0.4, -0.2) is 5.11 Å². The lowest BCUT2D eigenvalue weighted by molar-refractivity contribution is 0.481. The Morgan fingerprint density at radius 1 is 0.441 bits per heavy atom. The molecule has 1 nitrogen and oxygen atoms in total. The van der Waals surface area contributed by atoms with Crippen LogP contribution < -0.4 is 0 Å². The molecule has 7 aromatic rings. The van der Waals surface area contributed by atoms with Crippen molar-refractivity contribution in [3.63, 3.8) is 0 Å². The van der Waals surface area contributed by atoms with Crippen molar-refractivity contribution < 1.29 is 5.11 Å². The summed E-state index contributed by atoms with van der Waals surface area (Å²) in [5, 5.41) is 20.9. The highest BCUT2D eigenvalue weighted by atomic mass is 16.3. The summed E-state index contributed by atoms with van der Waals surface area (Å²) in [7, 11) is 0. The molecule has 0 bridgehead atoms. The van der Waals surface area contributed by atoms with Gasteiger partial charge >= 0.3 is 0 Å². The van der Waals surface area contributed by atoms with E-state index in [1.165, 1.54) is 60.1 Å². The monoisotopic (exact) mass is 432 g/mol. The number of hydrogen-bond donors (Lipinski definition) is 1. The Morgan fingerprint density at radius 3 is 1.94 bits per heavy atom. The largest absolute Gasteiger partial charge is 0.507 e. The van der Waals surface area contributed by atoms with Crippen LogP contribution in [0.25, 0.3) is 54.2 Å². The molecule has 1 unspecified atom stereocenters. The van der Waals surface area contributed by atoms with E-state index >= 15 is 0 Å². The van der Waals surface area contributed by atoms with Crippen LogP contribution in [0.5, 0.6) is 5.75 Å². The molecule has 0 radical (unpaired) electrons. The minimum Gasteiger partial charge on any atom is -0.507 e. The standard InChI is InChI=1S/C33H20O/c34-28-10-4-7-21-14-16-25-23-8-1-2-9-24(23)32(33(25)31(21)28)27-18-15-22-12-11-19-5-3-6-20-13-17-26(27)30(22)29(19)20/h1-18,32,34H. The second-order valence-corrected chi connectivity index (χ2v) is 9.43. The smallest absolute Gasteiger partial charge is 0.123 e. The Balaban J connectivity index is 1.55. The number of hydrogen-bond acceptors (Lipinski definition) is 1. The van der Waals surface area contributed by atoms with Gasteiger partial charge in [0, 0.05) is 11.3 Å². The molecular formula is C33H20O. The van der Waals surface area contributed by atoms with Gasteiger partial charge in [0.1, 0.15) is 5.75 Å². The van der Waals surface area contributed by atoms with E-state index in [1.807, 2.05) is 12.1 Å². The van der Waals surface area contributed by atoms with Crippen molar-refractivity contribution in [3.05, 3.63) is 126 Å². The van der Waals surface area contributed by atoms with Crippen LogP contribution in [0.15, 0.2) is 109 Å². The molecule has 7 aromatic carbocycles. The Kier molecular flexibility index (Phi) is 3.39. The van der Waals surface area contributed by atoms with Crippen LogP contribution in [0.3, 0.4) is 0 Å². The van der Waals surface area contributed by atoms with Crippen LogP contribution in [0.2, 0.25) is 0 Å². The fourth-order valence-corrected chi connectivity index (χ4v) is 6.40. The predicted octanol–water partition coefficient (Wildman–Crippen LogP) is 8.60. The second kappa shape index (κ2) is 6.36. The molecule has 0 heterocycles. The molecule has 0 saturated carbocycles. The van der Waals surface area contributed by atoms with E-state index < -0.39 is 0 Å². The fourth-order valence-electron chi connectivity index (χ4n) is 6.40. The van der Waals surface area contributed by atoms with E-state index in [1.54, 1.807) is 0 Å². The number of phenols is 1. The summed E-state index contributed by atoms with van der Waals surface area (Å²) in [6, 6.07) is 39.1. The highest BCUT2D eigenvalue weighted by Gasteiger charge is 2.33. The third-order valence-corrected chi connectivity index (χ3v) is 7.79. The van der Waals surface area contributed by atoms with Crippen molar-refractivity contribution in [3.8, 4) is 16.9 Å². The summed E-state index contributed by atoms with van der Waals surface area (Å²) in [5.41, 5.74) is 6.31. The summed E-state index contributed by atoms with van der Waals surface area (Å²) in [6.45, 7) is 0. The first-order valence-corrected chi connectivity index (χ1v) is 11.8. The van der Waals surface area contributed by atoms with Gasteiger partial charge in [-0.05, 0) is 71.6 Å². The van der Waals surface area contributed by atoms with Crippen molar-refractivity contribution in [2.75, 3.05) is 0 Å². The summed E-state index contributed by atoms with van der Waals surface area (Å²) >= 11 is 0. The highest BCUT2D eigenvalue weighted by Crippen LogP contribution is 2.53. The molecule has 0 spiro atoms. The normalized spacial score (nSPS) is 14.9. The number of phenolic OH excluding ortho intramolecular Hbond substituents is 1. The first kappa shape index (κ1) is 18.1. The lowest BCUT2D eigenvalue weighted by Crippen LogP contribution is -2.02. The van der Waals surface area contributed by atoms with E-state index in [0.29, 0.717) is 5.75 Å². The Hall–Kier alpha value is -4.36. The maximum Gasteiger partial charge on any atom is 0.123 e. The van der Waals surface area contributed by atoms with Crippen LogP contribution in [-0.2, 0) is 0 Å². The van der Waals surface area contributed by atoms with E-state index in [-0.39, 0.29) is 5.92 Å². The molecule has 1 aliphatic carbocycles. The Morgan fingerprint density at radius 2 is 1.09 bits per heavy atom. The van der Waals surface area contributed by atoms with Crippen LogP contribution in [0.1, 0.15) is 22.6 Å². The molecule has 1 heteroatoms. The zero-order valence-corrected chi connectivity index (χ0v) is 18.4. The van der Waals surface area contributed by atoms with Gasteiger partial charge in [-0.25, -0.2) is 0 Å². The van der Waals surface area contributed by atoms with Crippen molar-refractivity contribution in [2.24, 2.45) is 0 Å². The van der Waals surface area contributed by atoms with Crippen molar-refractivity contribution in [1.29, 1.82) is 0 Å². The van der Waals surface area contributed by atoms with E-state index in [9.17, 15) is 5.11 Å². The maximum absolute atomic E-state index is 11.0. The van der Waals surface area contributed by atoms with Gasteiger partial charge in [-0.3, -0.25) is 0 Å². The molecular weight excluding hydrogens is 412 g/mol. The molecule has 1 atom stereocenters. The molecule has 34 heavy (non-hydrogen) atoms. The SMILES string of the molecule is Oc1cccc2ccc3c(c12)C(c1ccc2ccc4cccc5ccc1c2c45)c1ccccc1-3. The Bertz CT molecular complexity index is 1910. The summed E-state index contributed by atoms with van der Waals surface area (Å²) in [5.74, 6) is 0.414. The summed E-state index contributed by atoms with van der Waals surface area (Å²) in [6.07, 6.45) is 0. The van der Waals surface area contributed by atoms with E-state index in [4.69, 9.17) is 0 Å². The van der Waals surface area contributed by atoms with Crippen molar-refractivity contribution in [2.45, 2.75) is 5.92 Å². The van der Waals surface area contributed by atoms with Crippen molar-refractivity contribution >= 4 is 43.1 Å². The topological polar surface area (TPSA) is 20.2 Å². The van der Waals surface area contributed by atoms with Gasteiger partial charge in [-0.2, -0.15) is 0 Å². The third kappa shape index (κ3) is 2.19. The van der Waals surface area contributed by atoms with Gasteiger partial charge in [0.25, 0.3) is 0 Å². The van der Waals surface area contributed by atoms with Crippen LogP contribution >= 0.6 is 0 Å². The molecule has 0 aromatic heterocycles. The van der Waals surface area contributed by atoms with Gasteiger partial charge in [0.2, 0.25) is 0 Å². The van der Waals surface area contributed by atoms with Crippen LogP contribution in [0.4, 0.5) is 0 Å². The summed E-state index contributed by atoms with van der Waals surface area (Å²) in [4.78, 5) is 0. The average Bonchev–Trinajstić information content (AvgIpc) is 3.22. The molecule has 0 aliphatic heterocycles. The maximum atomic E-state index is 11.0. The third-order valence-electron chi connectivity index (χ3n) is 7.79. The molecule has 1 N–H and O–H groups in total. The van der Waals surface area contributed by atoms with Crippen LogP contribution in [0, 0.1) is 0 Å². The molecule has 8 rings (SSSR count). The predicted molar refractivity (Wildman–Crippen MR) is 142 cm³/mol. The second-order valence-electron chi connectivity index (χ2n) is 9.43. The zero-order valence-electron chi connectivity index (χ0n) is 18.4. The number of aromatic hydroxyl groups is 1. The van der Waals surface area contributed by atoms with Gasteiger partial charge in [-0.1, -0.05) is 103 Å². The first-order chi connectivity index (χ1) is 16.8. The highest BCUT2D eigenvalue weighted by molar-refractivity contribution is 6.23. The number of rotatable bonds is 1. The van der Waals surface area contributed by atoms with Gasteiger partial charge < -0.3 is 5.11 Å². The fraction of sp³-hybridized carbons (Fsp3) is 0.0303. The lowest BCUT2D eigenvalue weighted by atomic mass is 9.82. The summed E-state index contributed by atoms with van der Waals surface area (Å²) < 4.78 is 0. The molecule has 0 saturated heterocycles. The Labute approximate surface area is 196 Å². The van der Waals surface area contributed by atoms with Crippen molar-refractivity contribution in [1.82, 2.24) is 0 Å². The van der Waals surface area contributed by atoms with Gasteiger partial charge in [0.15, 0.2) is 0 Å². The number of fused-ring (bicyclic) bond motifs is 5. The molecule has 0 amide bonds. The molecule has 158 valence electrons. The van der Waals surface area contributed by atoms with E-state index in [0.717, 1.165) is 10.8 Å². The van der Waals surface area contributed by atoms with Gasteiger partial charge in [-0.15, -0.1) is 0 Å². The quantitative estimate of drug-likeness (QED) is 0.257. The minimum absolute atomic E-state index is 0.0627. The average molecular weight is 433 g/mol. The number of benzene rings is 7. The molecule has 0 fully saturated rings. The van der Waals surface area contributed by atoms with E-state index in [2.05, 4.69) is 97.1 Å². The molecule has 1 aliphatic rings.